The van der Waals surface area contributed by atoms with Gasteiger partial charge in [0, 0.05) is 22.7 Å². The first-order valence-electron chi connectivity index (χ1n) is 8.85. The molecule has 2 rings (SSSR count). The van der Waals surface area contributed by atoms with Crippen molar-refractivity contribution in [2.24, 2.45) is 0 Å². The van der Waals surface area contributed by atoms with Crippen LogP contribution in [0.4, 0.5) is 0 Å². The van der Waals surface area contributed by atoms with Crippen LogP contribution in [0.1, 0.15) is 50.4 Å². The zero-order valence-electron chi connectivity index (χ0n) is 15.3. The van der Waals surface area contributed by atoms with Crippen molar-refractivity contribution in [1.29, 1.82) is 0 Å². The fourth-order valence-electron chi connectivity index (χ4n) is 3.21. The molecule has 1 heterocycles. The quantitative estimate of drug-likeness (QED) is 0.797. The number of rotatable bonds is 5. The van der Waals surface area contributed by atoms with Gasteiger partial charge in [-0.25, -0.2) is 0 Å². The maximum absolute atomic E-state index is 12.6. The Morgan fingerprint density at radius 3 is 2.35 bits per heavy atom. The summed E-state index contributed by atoms with van der Waals surface area (Å²) in [5, 5.41) is 3.00. The van der Waals surface area contributed by atoms with Crippen LogP contribution in [0, 0.1) is 0 Å². The van der Waals surface area contributed by atoms with Crippen LogP contribution < -0.4 is 5.32 Å². The van der Waals surface area contributed by atoms with Gasteiger partial charge >= 0.3 is 5.97 Å². The van der Waals surface area contributed by atoms with Gasteiger partial charge in [0.15, 0.2) is 6.10 Å². The Morgan fingerprint density at radius 2 is 1.77 bits per heavy atom. The summed E-state index contributed by atoms with van der Waals surface area (Å²) in [7, 11) is 0. The minimum atomic E-state index is -0.877. The van der Waals surface area contributed by atoms with E-state index in [0.29, 0.717) is 10.6 Å². The lowest BCUT2D eigenvalue weighted by atomic mass is 9.97. The van der Waals surface area contributed by atoms with Crippen molar-refractivity contribution in [2.45, 2.75) is 58.2 Å². The van der Waals surface area contributed by atoms with E-state index in [4.69, 9.17) is 16.3 Å². The number of amides is 2. The van der Waals surface area contributed by atoms with E-state index >= 15 is 0 Å². The molecule has 1 aliphatic rings. The van der Waals surface area contributed by atoms with E-state index in [9.17, 15) is 14.4 Å². The summed E-state index contributed by atoms with van der Waals surface area (Å²) in [6.45, 7) is 5.28. The number of hydrogen-bond acceptors (Lipinski definition) is 4. The zero-order chi connectivity index (χ0) is 19.3. The van der Waals surface area contributed by atoms with Gasteiger partial charge < -0.3 is 15.0 Å². The van der Waals surface area contributed by atoms with Crippen molar-refractivity contribution in [3.8, 4) is 0 Å². The van der Waals surface area contributed by atoms with Gasteiger partial charge in [-0.2, -0.15) is 0 Å². The predicted octanol–water partition coefficient (Wildman–Crippen LogP) is 2.79. The number of carbonyl (C=O) groups excluding carboxylic acids is 3. The van der Waals surface area contributed by atoms with Crippen LogP contribution in [0.3, 0.4) is 0 Å². The highest BCUT2D eigenvalue weighted by Gasteiger charge is 2.33. The lowest BCUT2D eigenvalue weighted by Crippen LogP contribution is -2.51. The Hall–Kier alpha value is -2.08. The highest BCUT2D eigenvalue weighted by Crippen LogP contribution is 2.23. The largest absolute Gasteiger partial charge is 0.451 e. The Labute approximate surface area is 158 Å². The molecule has 1 fully saturated rings. The van der Waals surface area contributed by atoms with E-state index in [0.717, 1.165) is 19.3 Å². The minimum absolute atomic E-state index is 0.136. The second-order valence-electron chi connectivity index (χ2n) is 6.70. The van der Waals surface area contributed by atoms with Crippen LogP contribution in [-0.4, -0.2) is 47.4 Å². The second-order valence-corrected chi connectivity index (χ2v) is 7.13. The summed E-state index contributed by atoms with van der Waals surface area (Å²) in [6, 6.07) is 6.59. The monoisotopic (exact) mass is 380 g/mol. The summed E-state index contributed by atoms with van der Waals surface area (Å²) in [6.07, 6.45) is 2.12. The molecule has 0 aliphatic carbocycles. The molecule has 1 N–H and O–H groups in total. The molecule has 1 aliphatic heterocycles. The molecule has 1 aromatic carbocycles. The van der Waals surface area contributed by atoms with Crippen molar-refractivity contribution in [3.05, 3.63) is 34.9 Å². The fourth-order valence-corrected chi connectivity index (χ4v) is 3.34. The summed E-state index contributed by atoms with van der Waals surface area (Å²) in [4.78, 5) is 38.3. The minimum Gasteiger partial charge on any atom is -0.451 e. The van der Waals surface area contributed by atoms with Gasteiger partial charge in [-0.1, -0.05) is 11.6 Å². The Morgan fingerprint density at radius 1 is 1.19 bits per heavy atom. The molecule has 6 nitrogen and oxygen atoms in total. The number of nitrogens with one attached hydrogen (secondary N) is 1. The summed E-state index contributed by atoms with van der Waals surface area (Å²) < 4.78 is 5.20. The molecular weight excluding hydrogens is 356 g/mol. The van der Waals surface area contributed by atoms with E-state index < -0.39 is 18.0 Å². The molecule has 0 radical (unpaired) electrons. The fraction of sp³-hybridized carbons (Fsp3) is 0.526. The molecule has 26 heavy (non-hydrogen) atoms. The summed E-state index contributed by atoms with van der Waals surface area (Å²) in [5.74, 6) is -1.25. The van der Waals surface area contributed by atoms with Crippen molar-refractivity contribution in [2.75, 3.05) is 6.54 Å². The van der Waals surface area contributed by atoms with Gasteiger partial charge in [0.05, 0.1) is 0 Å². The number of halogens is 1. The van der Waals surface area contributed by atoms with Crippen molar-refractivity contribution < 1.29 is 19.1 Å². The third-order valence-corrected chi connectivity index (χ3v) is 4.86. The predicted molar refractivity (Wildman–Crippen MR) is 99.0 cm³/mol. The Balaban J connectivity index is 1.83. The lowest BCUT2D eigenvalue weighted by molar-refractivity contribution is -0.161. The normalized spacial score (nSPS) is 21.0. The van der Waals surface area contributed by atoms with Crippen LogP contribution in [0.25, 0.3) is 0 Å². The first kappa shape index (κ1) is 20.2. The summed E-state index contributed by atoms with van der Waals surface area (Å²) >= 11 is 5.77. The van der Waals surface area contributed by atoms with E-state index in [1.54, 1.807) is 36.1 Å². The van der Waals surface area contributed by atoms with Crippen LogP contribution in [0.15, 0.2) is 24.3 Å². The molecule has 0 spiro atoms. The molecule has 142 valence electrons. The smallest absolute Gasteiger partial charge is 0.326 e. The third-order valence-electron chi connectivity index (χ3n) is 4.60. The van der Waals surface area contributed by atoms with Crippen LogP contribution >= 0.6 is 11.6 Å². The maximum Gasteiger partial charge on any atom is 0.326 e. The van der Waals surface area contributed by atoms with Crippen LogP contribution in [0.2, 0.25) is 5.02 Å². The highest BCUT2D eigenvalue weighted by atomic mass is 35.5. The molecule has 0 unspecified atom stereocenters. The Bertz CT molecular complexity index is 652. The van der Waals surface area contributed by atoms with Gasteiger partial charge in [0.2, 0.25) is 0 Å². The second kappa shape index (κ2) is 9.03. The van der Waals surface area contributed by atoms with Crippen molar-refractivity contribution in [1.82, 2.24) is 10.2 Å². The number of carbonyl (C=O) groups is 3. The van der Waals surface area contributed by atoms with E-state index in [2.05, 4.69) is 5.32 Å². The molecule has 1 saturated heterocycles. The van der Waals surface area contributed by atoms with Gasteiger partial charge in [0.25, 0.3) is 11.8 Å². The number of hydrogen-bond donors (Lipinski definition) is 1. The number of benzene rings is 1. The molecular formula is C19H25ClN2O4. The van der Waals surface area contributed by atoms with Crippen molar-refractivity contribution >= 4 is 29.4 Å². The molecule has 0 aromatic heterocycles. The summed E-state index contributed by atoms with van der Waals surface area (Å²) in [5.41, 5.74) is 0.391. The molecule has 0 bridgehead atoms. The number of nitrogens with zero attached hydrogens (tertiary/aromatic N) is 1. The maximum atomic E-state index is 12.6. The first-order valence-corrected chi connectivity index (χ1v) is 9.22. The van der Waals surface area contributed by atoms with Gasteiger partial charge in [-0.3, -0.25) is 14.4 Å². The van der Waals surface area contributed by atoms with Crippen molar-refractivity contribution in [3.63, 3.8) is 0 Å². The third kappa shape index (κ3) is 5.21. The average molecular weight is 381 g/mol. The van der Waals surface area contributed by atoms with Gasteiger partial charge in [-0.05, 0) is 64.3 Å². The Kier molecular flexibility index (Phi) is 7.03. The lowest BCUT2D eigenvalue weighted by Gasteiger charge is -2.40. The molecule has 2 amide bonds. The average Bonchev–Trinajstić information content (AvgIpc) is 2.60. The molecule has 1 aromatic rings. The molecule has 3 atom stereocenters. The molecule has 7 heteroatoms. The SMILES string of the molecule is C[C@@H]1CCC[C@H](C)N1C(=O)[C@@H](C)OC(=O)CNC(=O)c1ccc(Cl)cc1. The number of piperidine rings is 1. The molecule has 0 saturated carbocycles. The van der Waals surface area contributed by atoms with E-state index in [-0.39, 0.29) is 24.5 Å². The van der Waals surface area contributed by atoms with Gasteiger partial charge in [-0.15, -0.1) is 0 Å². The van der Waals surface area contributed by atoms with Crippen LogP contribution in [-0.2, 0) is 14.3 Å². The van der Waals surface area contributed by atoms with E-state index in [1.165, 1.54) is 0 Å². The number of ether oxygens (including phenoxy) is 1. The van der Waals surface area contributed by atoms with Gasteiger partial charge in [0.1, 0.15) is 6.54 Å². The first-order chi connectivity index (χ1) is 12.3. The van der Waals surface area contributed by atoms with Crippen LogP contribution in [0.5, 0.6) is 0 Å². The standard InChI is InChI=1S/C19H25ClN2O4/c1-12-5-4-6-13(2)22(12)19(25)14(3)26-17(23)11-21-18(24)15-7-9-16(20)10-8-15/h7-10,12-14H,4-6,11H2,1-3H3,(H,21,24)/t12-,13+,14-/m1/s1. The highest BCUT2D eigenvalue weighted by molar-refractivity contribution is 6.30. The topological polar surface area (TPSA) is 75.7 Å². The zero-order valence-corrected chi connectivity index (χ0v) is 16.1. The van der Waals surface area contributed by atoms with E-state index in [1.807, 2.05) is 13.8 Å². The number of esters is 1. The number of likely N-dealkylation sites (tertiary alicyclic amines) is 1.